The van der Waals surface area contributed by atoms with Crippen LogP contribution in [0.3, 0.4) is 0 Å². The first-order chi connectivity index (χ1) is 9.70. The number of methoxy groups -OCH3 is 1. The van der Waals surface area contributed by atoms with Crippen molar-refractivity contribution in [3.63, 3.8) is 0 Å². The fraction of sp³-hybridized carbons (Fsp3) is 0.571. The number of rotatable bonds is 7. The molecule has 20 heavy (non-hydrogen) atoms. The van der Waals surface area contributed by atoms with E-state index >= 15 is 0 Å². The van der Waals surface area contributed by atoms with Crippen molar-refractivity contribution in [2.45, 2.75) is 31.2 Å². The highest BCUT2D eigenvalue weighted by atomic mass is 32.2. The van der Waals surface area contributed by atoms with Crippen LogP contribution in [0.5, 0.6) is 11.5 Å². The zero-order chi connectivity index (χ0) is 14.4. The van der Waals surface area contributed by atoms with Gasteiger partial charge in [0.1, 0.15) is 0 Å². The molecule has 0 bridgehead atoms. The first-order valence-corrected chi connectivity index (χ1v) is 7.68. The van der Waals surface area contributed by atoms with Crippen molar-refractivity contribution in [1.29, 1.82) is 0 Å². The summed E-state index contributed by atoms with van der Waals surface area (Å²) in [5.74, 6) is 1.67. The van der Waals surface area contributed by atoms with E-state index in [1.54, 1.807) is 18.2 Å². The molecule has 0 aromatic heterocycles. The van der Waals surface area contributed by atoms with Crippen LogP contribution in [0.15, 0.2) is 18.2 Å². The summed E-state index contributed by atoms with van der Waals surface area (Å²) in [6.07, 6.45) is 2.48. The zero-order valence-electron chi connectivity index (χ0n) is 11.4. The summed E-state index contributed by atoms with van der Waals surface area (Å²) in [5, 5.41) is 3.93. The second-order valence-electron chi connectivity index (χ2n) is 4.59. The number of alkyl halides is 2. The van der Waals surface area contributed by atoms with Crippen LogP contribution in [-0.4, -0.2) is 31.3 Å². The highest BCUT2D eigenvalue weighted by Crippen LogP contribution is 2.32. The molecular weight excluding hydrogens is 284 g/mol. The minimum Gasteiger partial charge on any atom is -0.493 e. The third kappa shape index (κ3) is 4.24. The number of thioether (sulfide) groups is 1. The van der Waals surface area contributed by atoms with Gasteiger partial charge in [-0.05, 0) is 24.7 Å². The summed E-state index contributed by atoms with van der Waals surface area (Å²) in [6.45, 7) is -1.47. The molecular formula is C14H19F2NO2S. The smallest absolute Gasteiger partial charge is 0.387 e. The number of para-hydroxylation sites is 1. The van der Waals surface area contributed by atoms with Crippen LogP contribution >= 0.6 is 11.8 Å². The molecule has 112 valence electrons. The van der Waals surface area contributed by atoms with E-state index in [0.29, 0.717) is 23.1 Å². The second kappa shape index (κ2) is 7.69. The molecule has 0 aliphatic carbocycles. The lowest BCUT2D eigenvalue weighted by atomic mass is 10.1. The largest absolute Gasteiger partial charge is 0.493 e. The third-order valence-electron chi connectivity index (χ3n) is 3.20. The molecule has 0 saturated carbocycles. The van der Waals surface area contributed by atoms with Gasteiger partial charge in [0.05, 0.1) is 7.11 Å². The van der Waals surface area contributed by atoms with Crippen molar-refractivity contribution in [1.82, 2.24) is 5.32 Å². The first kappa shape index (κ1) is 15.4. The lowest BCUT2D eigenvalue weighted by Crippen LogP contribution is -2.23. The SMILES string of the molecule is COc1cccc(CNCC2CCCS2)c1OC(F)F. The van der Waals surface area contributed by atoms with Gasteiger partial charge >= 0.3 is 6.61 Å². The van der Waals surface area contributed by atoms with Crippen molar-refractivity contribution in [2.75, 3.05) is 19.4 Å². The minimum atomic E-state index is -2.85. The van der Waals surface area contributed by atoms with Crippen molar-refractivity contribution >= 4 is 11.8 Å². The Hall–Kier alpha value is -1.01. The van der Waals surface area contributed by atoms with Crippen LogP contribution in [0.2, 0.25) is 0 Å². The summed E-state index contributed by atoms with van der Waals surface area (Å²) in [7, 11) is 1.44. The van der Waals surface area contributed by atoms with E-state index in [2.05, 4.69) is 10.1 Å². The Labute approximate surface area is 122 Å². The summed E-state index contributed by atoms with van der Waals surface area (Å²) in [5.41, 5.74) is 0.688. The van der Waals surface area contributed by atoms with Gasteiger partial charge < -0.3 is 14.8 Å². The van der Waals surface area contributed by atoms with Gasteiger partial charge in [-0.15, -0.1) is 0 Å². The van der Waals surface area contributed by atoms with Gasteiger partial charge in [0.2, 0.25) is 0 Å². The Morgan fingerprint density at radius 3 is 2.95 bits per heavy atom. The fourth-order valence-electron chi connectivity index (χ4n) is 2.26. The molecule has 1 aromatic carbocycles. The maximum atomic E-state index is 12.5. The summed E-state index contributed by atoms with van der Waals surface area (Å²) >= 11 is 1.96. The maximum Gasteiger partial charge on any atom is 0.387 e. The lowest BCUT2D eigenvalue weighted by Gasteiger charge is -2.16. The number of hydrogen-bond donors (Lipinski definition) is 1. The van der Waals surface area contributed by atoms with Crippen molar-refractivity contribution in [3.05, 3.63) is 23.8 Å². The standard InChI is InChI=1S/C14H19F2NO2S/c1-18-12-6-2-4-10(13(12)19-14(15)16)8-17-9-11-5-3-7-20-11/h2,4,6,11,14,17H,3,5,7-9H2,1H3. The average molecular weight is 303 g/mol. The Kier molecular flexibility index (Phi) is 5.91. The van der Waals surface area contributed by atoms with E-state index in [1.165, 1.54) is 25.7 Å². The topological polar surface area (TPSA) is 30.5 Å². The van der Waals surface area contributed by atoms with Gasteiger partial charge in [-0.25, -0.2) is 0 Å². The molecule has 0 spiro atoms. The van der Waals surface area contributed by atoms with E-state index in [0.717, 1.165) is 6.54 Å². The van der Waals surface area contributed by atoms with Gasteiger partial charge in [-0.3, -0.25) is 0 Å². The second-order valence-corrected chi connectivity index (χ2v) is 6.00. The van der Waals surface area contributed by atoms with E-state index in [9.17, 15) is 8.78 Å². The first-order valence-electron chi connectivity index (χ1n) is 6.63. The van der Waals surface area contributed by atoms with Crippen LogP contribution < -0.4 is 14.8 Å². The highest BCUT2D eigenvalue weighted by Gasteiger charge is 2.17. The molecule has 1 fully saturated rings. The highest BCUT2D eigenvalue weighted by molar-refractivity contribution is 8.00. The molecule has 1 heterocycles. The van der Waals surface area contributed by atoms with Crippen LogP contribution in [0.25, 0.3) is 0 Å². The Morgan fingerprint density at radius 2 is 2.30 bits per heavy atom. The molecule has 6 heteroatoms. The van der Waals surface area contributed by atoms with Crippen molar-refractivity contribution in [3.8, 4) is 11.5 Å². The van der Waals surface area contributed by atoms with Gasteiger partial charge in [0.25, 0.3) is 0 Å². The Morgan fingerprint density at radius 1 is 1.45 bits per heavy atom. The van der Waals surface area contributed by atoms with E-state index < -0.39 is 6.61 Å². The molecule has 2 rings (SSSR count). The number of benzene rings is 1. The molecule has 1 unspecified atom stereocenters. The van der Waals surface area contributed by atoms with Crippen LogP contribution in [0.4, 0.5) is 8.78 Å². The Bertz CT molecular complexity index is 426. The molecule has 1 aliphatic rings. The summed E-state index contributed by atoms with van der Waals surface area (Å²) in [4.78, 5) is 0. The normalized spacial score (nSPS) is 18.5. The molecule has 1 atom stereocenters. The van der Waals surface area contributed by atoms with Crippen LogP contribution in [0, 0.1) is 0 Å². The molecule has 0 radical (unpaired) electrons. The third-order valence-corrected chi connectivity index (χ3v) is 4.60. The predicted octanol–water partition coefficient (Wildman–Crippen LogP) is 3.28. The fourth-order valence-corrected chi connectivity index (χ4v) is 3.49. The van der Waals surface area contributed by atoms with Gasteiger partial charge in [0, 0.05) is 23.9 Å². The monoisotopic (exact) mass is 303 g/mol. The molecule has 0 amide bonds. The van der Waals surface area contributed by atoms with Crippen LogP contribution in [0.1, 0.15) is 18.4 Å². The summed E-state index contributed by atoms with van der Waals surface area (Å²) < 4.78 is 34.6. The van der Waals surface area contributed by atoms with Gasteiger partial charge in [-0.1, -0.05) is 12.1 Å². The Balaban J connectivity index is 1.97. The number of ether oxygens (including phenoxy) is 2. The average Bonchev–Trinajstić information content (AvgIpc) is 2.93. The predicted molar refractivity (Wildman–Crippen MR) is 76.8 cm³/mol. The summed E-state index contributed by atoms with van der Waals surface area (Å²) in [6, 6.07) is 5.17. The minimum absolute atomic E-state index is 0.122. The lowest BCUT2D eigenvalue weighted by molar-refractivity contribution is -0.0518. The van der Waals surface area contributed by atoms with E-state index in [-0.39, 0.29) is 5.75 Å². The quantitative estimate of drug-likeness (QED) is 0.837. The molecule has 1 N–H and O–H groups in total. The van der Waals surface area contributed by atoms with Gasteiger partial charge in [-0.2, -0.15) is 20.5 Å². The molecule has 1 saturated heterocycles. The number of hydrogen-bond acceptors (Lipinski definition) is 4. The van der Waals surface area contributed by atoms with Gasteiger partial charge in [0.15, 0.2) is 11.5 Å². The van der Waals surface area contributed by atoms with Crippen molar-refractivity contribution < 1.29 is 18.3 Å². The maximum absolute atomic E-state index is 12.5. The molecule has 1 aromatic rings. The molecule has 1 aliphatic heterocycles. The van der Waals surface area contributed by atoms with Crippen LogP contribution in [-0.2, 0) is 6.54 Å². The van der Waals surface area contributed by atoms with E-state index in [1.807, 2.05) is 11.8 Å². The number of nitrogens with one attached hydrogen (secondary N) is 1. The zero-order valence-corrected chi connectivity index (χ0v) is 12.2. The van der Waals surface area contributed by atoms with Crippen molar-refractivity contribution in [2.24, 2.45) is 0 Å². The number of halogens is 2. The molecule has 3 nitrogen and oxygen atoms in total. The van der Waals surface area contributed by atoms with E-state index in [4.69, 9.17) is 4.74 Å².